The van der Waals surface area contributed by atoms with Crippen LogP contribution in [0.5, 0.6) is 0 Å². The zero-order valence-corrected chi connectivity index (χ0v) is 19.0. The molecule has 7 nitrogen and oxygen atoms in total. The van der Waals surface area contributed by atoms with Gasteiger partial charge in [0.15, 0.2) is 0 Å². The summed E-state index contributed by atoms with van der Waals surface area (Å²) in [7, 11) is 0. The second-order valence-electron chi connectivity index (χ2n) is 8.48. The van der Waals surface area contributed by atoms with Crippen molar-refractivity contribution in [3.05, 3.63) is 59.7 Å². The normalized spacial score (nSPS) is 13.0. The Hall–Kier alpha value is -3.35. The Morgan fingerprint density at radius 1 is 0.939 bits per heavy atom. The molecule has 0 aliphatic heterocycles. The molecule has 1 atom stereocenters. The number of hydrogen-bond donors (Lipinski definition) is 3. The topological polar surface area (TPSA) is 105 Å². The molecule has 176 valence electrons. The van der Waals surface area contributed by atoms with E-state index in [1.165, 1.54) is 22.3 Å². The minimum atomic E-state index is -0.924. The molecule has 3 rings (SSSR count). The first-order valence-corrected chi connectivity index (χ1v) is 11.6. The molecule has 0 unspecified atom stereocenters. The molecular weight excluding hydrogens is 420 g/mol. The highest BCUT2D eigenvalue weighted by Crippen LogP contribution is 2.44. The highest BCUT2D eigenvalue weighted by molar-refractivity contribution is 5.79. The van der Waals surface area contributed by atoms with Gasteiger partial charge in [0.05, 0.1) is 6.42 Å². The van der Waals surface area contributed by atoms with E-state index in [0.29, 0.717) is 19.6 Å². The van der Waals surface area contributed by atoms with E-state index in [4.69, 9.17) is 9.84 Å². The van der Waals surface area contributed by atoms with Crippen molar-refractivity contribution in [3.63, 3.8) is 0 Å². The summed E-state index contributed by atoms with van der Waals surface area (Å²) < 4.78 is 5.52. The van der Waals surface area contributed by atoms with Gasteiger partial charge in [-0.05, 0) is 42.0 Å². The molecule has 2 amide bonds. The molecule has 1 aliphatic rings. The van der Waals surface area contributed by atoms with Crippen molar-refractivity contribution in [2.75, 3.05) is 13.2 Å². The molecular formula is C26H32N2O5. The Morgan fingerprint density at radius 2 is 1.55 bits per heavy atom. The third-order valence-electron chi connectivity index (χ3n) is 5.83. The number of alkyl carbamates (subject to hydrolysis) is 1. The number of carboxylic acid groups (broad SMARTS) is 1. The van der Waals surface area contributed by atoms with E-state index in [-0.39, 0.29) is 24.3 Å². The lowest BCUT2D eigenvalue weighted by atomic mass is 9.98. The van der Waals surface area contributed by atoms with Crippen molar-refractivity contribution in [3.8, 4) is 11.1 Å². The van der Waals surface area contributed by atoms with Gasteiger partial charge >= 0.3 is 12.1 Å². The van der Waals surface area contributed by atoms with Gasteiger partial charge in [-0.1, -0.05) is 61.4 Å². The number of unbranched alkanes of at least 4 members (excludes halogenated alkanes) is 3. The van der Waals surface area contributed by atoms with Crippen LogP contribution in [0.25, 0.3) is 11.1 Å². The minimum Gasteiger partial charge on any atom is -0.481 e. The molecule has 0 heterocycles. The molecule has 0 radical (unpaired) electrons. The third kappa shape index (κ3) is 7.07. The Labute approximate surface area is 194 Å². The Bertz CT molecular complexity index is 929. The molecule has 0 fully saturated rings. The number of carbonyl (C=O) groups is 3. The number of carbonyl (C=O) groups excluding carboxylic acids is 2. The van der Waals surface area contributed by atoms with Crippen LogP contribution in [0.2, 0.25) is 0 Å². The molecule has 1 aliphatic carbocycles. The summed E-state index contributed by atoms with van der Waals surface area (Å²) in [6.07, 6.45) is 3.19. The number of nitrogens with one attached hydrogen (secondary N) is 2. The molecule has 3 N–H and O–H groups in total. The van der Waals surface area contributed by atoms with Crippen LogP contribution >= 0.6 is 0 Å². The molecule has 33 heavy (non-hydrogen) atoms. The van der Waals surface area contributed by atoms with Crippen LogP contribution in [0.1, 0.15) is 62.5 Å². The molecule has 0 saturated heterocycles. The number of rotatable bonds is 12. The molecule has 7 heteroatoms. The summed E-state index contributed by atoms with van der Waals surface area (Å²) in [6, 6.07) is 16.1. The average molecular weight is 453 g/mol. The van der Waals surface area contributed by atoms with Crippen molar-refractivity contribution in [1.82, 2.24) is 10.6 Å². The van der Waals surface area contributed by atoms with Crippen LogP contribution in [-0.2, 0) is 14.3 Å². The van der Waals surface area contributed by atoms with Crippen LogP contribution in [-0.4, -0.2) is 42.3 Å². The number of benzene rings is 2. The fourth-order valence-electron chi connectivity index (χ4n) is 4.26. The van der Waals surface area contributed by atoms with Crippen LogP contribution in [0.4, 0.5) is 4.79 Å². The quantitative estimate of drug-likeness (QED) is 0.413. The van der Waals surface area contributed by atoms with Gasteiger partial charge in [0.1, 0.15) is 6.61 Å². The summed E-state index contributed by atoms with van der Waals surface area (Å²) in [5.74, 6) is -1.00. The van der Waals surface area contributed by atoms with Gasteiger partial charge in [-0.3, -0.25) is 9.59 Å². The lowest BCUT2D eigenvalue weighted by Gasteiger charge is -2.14. The highest BCUT2D eigenvalue weighted by atomic mass is 16.5. The number of amides is 2. The van der Waals surface area contributed by atoms with Crippen LogP contribution in [0, 0.1) is 0 Å². The van der Waals surface area contributed by atoms with E-state index in [9.17, 15) is 14.4 Å². The number of fused-ring (bicyclic) bond motifs is 3. The lowest BCUT2D eigenvalue weighted by molar-refractivity contribution is -0.137. The van der Waals surface area contributed by atoms with Crippen molar-refractivity contribution in [2.45, 2.75) is 57.4 Å². The van der Waals surface area contributed by atoms with Gasteiger partial charge < -0.3 is 20.5 Å². The van der Waals surface area contributed by atoms with E-state index >= 15 is 0 Å². The second kappa shape index (κ2) is 12.0. The molecule has 2 aromatic rings. The molecule has 0 saturated carbocycles. The van der Waals surface area contributed by atoms with Gasteiger partial charge in [-0.2, -0.15) is 0 Å². The summed E-state index contributed by atoms with van der Waals surface area (Å²) in [5, 5.41) is 14.2. The van der Waals surface area contributed by atoms with Gasteiger partial charge in [-0.15, -0.1) is 0 Å². The van der Waals surface area contributed by atoms with Crippen molar-refractivity contribution >= 4 is 18.0 Å². The SMILES string of the molecule is C[C@@H](CC(=O)O)NC(=O)CCCCCCNC(=O)OCC1c2ccccc2-c2ccccc21. The van der Waals surface area contributed by atoms with E-state index in [2.05, 4.69) is 34.9 Å². The average Bonchev–Trinajstić information content (AvgIpc) is 3.10. The second-order valence-corrected chi connectivity index (χ2v) is 8.48. The maximum atomic E-state index is 12.2. The summed E-state index contributed by atoms with van der Waals surface area (Å²) in [5.41, 5.74) is 4.78. The monoisotopic (exact) mass is 452 g/mol. The first-order valence-electron chi connectivity index (χ1n) is 11.6. The molecule has 0 bridgehead atoms. The Morgan fingerprint density at radius 3 is 2.18 bits per heavy atom. The standard InChI is InChI=1S/C26H32N2O5/c1-18(16-25(30)31)28-24(29)14-4-2-3-9-15-27-26(32)33-17-23-21-12-7-5-10-19(21)20-11-6-8-13-22(20)23/h5-8,10-13,18,23H,2-4,9,14-17H2,1H3,(H,27,32)(H,28,29)(H,30,31)/t18-/m0/s1. The van der Waals surface area contributed by atoms with Crippen molar-refractivity contribution < 1.29 is 24.2 Å². The fourth-order valence-corrected chi connectivity index (χ4v) is 4.26. The Kier molecular flexibility index (Phi) is 8.87. The first kappa shape index (κ1) is 24.3. The summed E-state index contributed by atoms with van der Waals surface area (Å²) in [4.78, 5) is 34.5. The third-order valence-corrected chi connectivity index (χ3v) is 5.83. The highest BCUT2D eigenvalue weighted by Gasteiger charge is 2.28. The number of hydrogen-bond acceptors (Lipinski definition) is 4. The van der Waals surface area contributed by atoms with Crippen LogP contribution in [0.15, 0.2) is 48.5 Å². The van der Waals surface area contributed by atoms with E-state index in [1.54, 1.807) is 6.92 Å². The summed E-state index contributed by atoms with van der Waals surface area (Å²) >= 11 is 0. The van der Waals surface area contributed by atoms with Gasteiger partial charge in [0.2, 0.25) is 5.91 Å². The molecule has 0 aromatic heterocycles. The van der Waals surface area contributed by atoms with Crippen LogP contribution in [0.3, 0.4) is 0 Å². The largest absolute Gasteiger partial charge is 0.481 e. The van der Waals surface area contributed by atoms with Gasteiger partial charge in [-0.25, -0.2) is 4.79 Å². The van der Waals surface area contributed by atoms with Crippen LogP contribution < -0.4 is 10.6 Å². The molecule has 0 spiro atoms. The lowest BCUT2D eigenvalue weighted by Crippen LogP contribution is -2.33. The van der Waals surface area contributed by atoms with E-state index in [0.717, 1.165) is 25.7 Å². The van der Waals surface area contributed by atoms with Gasteiger partial charge in [0, 0.05) is 24.9 Å². The zero-order valence-electron chi connectivity index (χ0n) is 19.0. The minimum absolute atomic E-state index is 0.0486. The van der Waals surface area contributed by atoms with Crippen molar-refractivity contribution in [2.24, 2.45) is 0 Å². The molecule has 2 aromatic carbocycles. The van der Waals surface area contributed by atoms with E-state index in [1.807, 2.05) is 24.3 Å². The smallest absolute Gasteiger partial charge is 0.407 e. The number of ether oxygens (including phenoxy) is 1. The predicted molar refractivity (Wildman–Crippen MR) is 126 cm³/mol. The number of carboxylic acids is 1. The van der Waals surface area contributed by atoms with Crippen molar-refractivity contribution in [1.29, 1.82) is 0 Å². The fraction of sp³-hybridized carbons (Fsp3) is 0.423. The summed E-state index contributed by atoms with van der Waals surface area (Å²) in [6.45, 7) is 2.51. The first-order chi connectivity index (χ1) is 16.0. The zero-order chi connectivity index (χ0) is 23.6. The van der Waals surface area contributed by atoms with E-state index < -0.39 is 12.1 Å². The Balaban J connectivity index is 1.29. The maximum Gasteiger partial charge on any atom is 0.407 e. The number of aliphatic carboxylic acids is 1. The van der Waals surface area contributed by atoms with Gasteiger partial charge in [0.25, 0.3) is 0 Å². The predicted octanol–water partition coefficient (Wildman–Crippen LogP) is 4.46. The maximum absolute atomic E-state index is 12.2.